The van der Waals surface area contributed by atoms with Crippen LogP contribution in [-0.4, -0.2) is 46.3 Å². The van der Waals surface area contributed by atoms with Crippen molar-refractivity contribution >= 4 is 5.91 Å². The van der Waals surface area contributed by atoms with Crippen LogP contribution in [0.3, 0.4) is 0 Å². The Morgan fingerprint density at radius 3 is 2.80 bits per heavy atom. The summed E-state index contributed by atoms with van der Waals surface area (Å²) in [4.78, 5) is 14.7. The third kappa shape index (κ3) is 4.25. The summed E-state index contributed by atoms with van der Waals surface area (Å²) in [5, 5.41) is 7.21. The Kier molecular flexibility index (Phi) is 5.46. The first-order valence-electron chi connectivity index (χ1n) is 8.44. The maximum absolute atomic E-state index is 13.8. The first-order valence-corrected chi connectivity index (χ1v) is 8.44. The molecule has 0 unspecified atom stereocenters. The van der Waals surface area contributed by atoms with Crippen molar-refractivity contribution in [1.29, 1.82) is 0 Å². The van der Waals surface area contributed by atoms with E-state index >= 15 is 0 Å². The lowest BCUT2D eigenvalue weighted by Gasteiger charge is -2.31. The first kappa shape index (κ1) is 17.2. The van der Waals surface area contributed by atoms with Gasteiger partial charge in [-0.25, -0.2) is 9.07 Å². The van der Waals surface area contributed by atoms with Crippen molar-refractivity contribution in [3.63, 3.8) is 0 Å². The van der Waals surface area contributed by atoms with Gasteiger partial charge in [-0.15, -0.1) is 12.3 Å². The Bertz CT molecular complexity index is 772. The zero-order valence-electron chi connectivity index (χ0n) is 14.0. The van der Waals surface area contributed by atoms with Crippen molar-refractivity contribution in [1.82, 2.24) is 20.0 Å². The average molecular weight is 340 g/mol. The number of carbonyl (C=O) groups is 1. The maximum atomic E-state index is 13.8. The van der Waals surface area contributed by atoms with E-state index in [4.69, 9.17) is 6.42 Å². The summed E-state index contributed by atoms with van der Waals surface area (Å²) in [7, 11) is 0. The van der Waals surface area contributed by atoms with E-state index in [2.05, 4.69) is 21.2 Å². The fourth-order valence-corrected chi connectivity index (χ4v) is 3.00. The van der Waals surface area contributed by atoms with Gasteiger partial charge in [0.25, 0.3) is 5.91 Å². The maximum Gasteiger partial charge on any atom is 0.272 e. The molecule has 1 aliphatic heterocycles. The van der Waals surface area contributed by atoms with Crippen molar-refractivity contribution in [2.24, 2.45) is 0 Å². The number of terminal acetylenes is 1. The van der Waals surface area contributed by atoms with Crippen LogP contribution < -0.4 is 5.32 Å². The number of hydrogen-bond acceptors (Lipinski definition) is 3. The monoisotopic (exact) mass is 340 g/mol. The second-order valence-corrected chi connectivity index (χ2v) is 6.14. The van der Waals surface area contributed by atoms with Gasteiger partial charge >= 0.3 is 0 Å². The molecule has 6 heteroatoms. The van der Waals surface area contributed by atoms with E-state index in [0.717, 1.165) is 38.9 Å². The summed E-state index contributed by atoms with van der Waals surface area (Å²) in [6, 6.07) is 8.07. The van der Waals surface area contributed by atoms with Gasteiger partial charge in [0.05, 0.1) is 0 Å². The lowest BCUT2D eigenvalue weighted by molar-refractivity contribution is 0.0906. The number of piperidine rings is 1. The van der Waals surface area contributed by atoms with Crippen LogP contribution in [0.1, 0.15) is 29.8 Å². The summed E-state index contributed by atoms with van der Waals surface area (Å²) in [6.07, 6.45) is 9.42. The van der Waals surface area contributed by atoms with E-state index in [9.17, 15) is 9.18 Å². The van der Waals surface area contributed by atoms with Gasteiger partial charge in [-0.3, -0.25) is 4.79 Å². The van der Waals surface area contributed by atoms with Crippen LogP contribution >= 0.6 is 0 Å². The van der Waals surface area contributed by atoms with Gasteiger partial charge < -0.3 is 10.2 Å². The molecular weight excluding hydrogens is 319 g/mol. The molecule has 5 nitrogen and oxygen atoms in total. The van der Waals surface area contributed by atoms with Gasteiger partial charge in [-0.1, -0.05) is 12.1 Å². The summed E-state index contributed by atoms with van der Waals surface area (Å²) >= 11 is 0. The Balaban J connectivity index is 1.56. The van der Waals surface area contributed by atoms with Crippen LogP contribution in [0.15, 0.2) is 36.5 Å². The van der Waals surface area contributed by atoms with Crippen molar-refractivity contribution in [3.8, 4) is 18.0 Å². The van der Waals surface area contributed by atoms with Crippen LogP contribution in [0, 0.1) is 18.2 Å². The molecule has 0 saturated carbocycles. The molecule has 0 aliphatic carbocycles. The molecule has 2 heterocycles. The third-order valence-electron chi connectivity index (χ3n) is 4.42. The highest BCUT2D eigenvalue weighted by atomic mass is 19.1. The van der Waals surface area contributed by atoms with Gasteiger partial charge in [-0.2, -0.15) is 5.10 Å². The van der Waals surface area contributed by atoms with Crippen molar-refractivity contribution in [2.75, 3.05) is 19.6 Å². The number of nitrogens with one attached hydrogen (secondary N) is 1. The molecule has 1 amide bonds. The molecule has 1 aromatic heterocycles. The Labute approximate surface area is 146 Å². The second-order valence-electron chi connectivity index (χ2n) is 6.14. The molecule has 3 rings (SSSR count). The average Bonchev–Trinajstić information content (AvgIpc) is 3.11. The minimum absolute atomic E-state index is 0.133. The predicted molar refractivity (Wildman–Crippen MR) is 93.9 cm³/mol. The molecular formula is C19H21FN4O. The molecule has 0 spiro atoms. The summed E-state index contributed by atoms with van der Waals surface area (Å²) in [5.41, 5.74) is 0.612. The smallest absolute Gasteiger partial charge is 0.272 e. The number of aromatic nitrogens is 2. The molecule has 0 bridgehead atoms. The summed E-state index contributed by atoms with van der Waals surface area (Å²) in [6.45, 7) is 2.76. The second kappa shape index (κ2) is 7.95. The molecule has 0 radical (unpaired) electrons. The number of likely N-dealkylation sites (tertiary alicyclic amines) is 1. The van der Waals surface area contributed by atoms with Crippen LogP contribution in [-0.2, 0) is 0 Å². The highest BCUT2D eigenvalue weighted by Gasteiger charge is 2.21. The number of amides is 1. The SMILES string of the molecule is C#CCCN1CCC(NC(=O)c2ccn(-c3ccccc3F)n2)CC1. The van der Waals surface area contributed by atoms with Crippen LogP contribution in [0.2, 0.25) is 0 Å². The van der Waals surface area contributed by atoms with Crippen LogP contribution in [0.5, 0.6) is 0 Å². The number of benzene rings is 1. The van der Waals surface area contributed by atoms with Gasteiger partial charge in [-0.05, 0) is 31.0 Å². The number of carbonyl (C=O) groups excluding carboxylic acids is 1. The highest BCUT2D eigenvalue weighted by Crippen LogP contribution is 2.14. The summed E-state index contributed by atoms with van der Waals surface area (Å²) < 4.78 is 15.2. The molecule has 130 valence electrons. The molecule has 2 aromatic rings. The summed E-state index contributed by atoms with van der Waals surface area (Å²) in [5.74, 6) is 2.05. The highest BCUT2D eigenvalue weighted by molar-refractivity contribution is 5.92. The van der Waals surface area contributed by atoms with Crippen LogP contribution in [0.25, 0.3) is 5.69 Å². The number of para-hydroxylation sites is 1. The standard InChI is InChI=1S/C19H21FN4O/c1-2-3-11-23-12-8-15(9-13-23)21-19(25)17-10-14-24(22-17)18-7-5-4-6-16(18)20/h1,4-7,10,14-15H,3,8-9,11-13H2,(H,21,25). The minimum Gasteiger partial charge on any atom is -0.348 e. The predicted octanol–water partition coefficient (Wildman–Crippen LogP) is 2.23. The lowest BCUT2D eigenvalue weighted by Crippen LogP contribution is -2.44. The lowest BCUT2D eigenvalue weighted by atomic mass is 10.0. The number of hydrogen-bond donors (Lipinski definition) is 1. The Morgan fingerprint density at radius 2 is 2.08 bits per heavy atom. The fraction of sp³-hybridized carbons (Fsp3) is 0.368. The molecule has 1 fully saturated rings. The van der Waals surface area contributed by atoms with Gasteiger partial charge in [0.2, 0.25) is 0 Å². The topological polar surface area (TPSA) is 50.2 Å². The zero-order chi connectivity index (χ0) is 17.6. The number of halogens is 1. The fourth-order valence-electron chi connectivity index (χ4n) is 3.00. The van der Waals surface area contributed by atoms with E-state index in [1.807, 2.05) is 0 Å². The van der Waals surface area contributed by atoms with E-state index in [1.54, 1.807) is 30.5 Å². The molecule has 1 aromatic carbocycles. The number of rotatable bonds is 5. The van der Waals surface area contributed by atoms with E-state index in [-0.39, 0.29) is 23.5 Å². The van der Waals surface area contributed by atoms with Crippen molar-refractivity contribution in [2.45, 2.75) is 25.3 Å². The molecule has 25 heavy (non-hydrogen) atoms. The van der Waals surface area contributed by atoms with Crippen LogP contribution in [0.4, 0.5) is 4.39 Å². The van der Waals surface area contributed by atoms with Crippen molar-refractivity contribution in [3.05, 3.63) is 48.0 Å². The zero-order valence-corrected chi connectivity index (χ0v) is 14.0. The number of nitrogens with zero attached hydrogens (tertiary/aromatic N) is 3. The Morgan fingerprint density at radius 1 is 1.32 bits per heavy atom. The van der Waals surface area contributed by atoms with E-state index in [0.29, 0.717) is 5.69 Å². The van der Waals surface area contributed by atoms with Gasteiger partial charge in [0.15, 0.2) is 5.69 Å². The third-order valence-corrected chi connectivity index (χ3v) is 4.42. The van der Waals surface area contributed by atoms with Gasteiger partial charge in [0.1, 0.15) is 11.5 Å². The Hall–Kier alpha value is -2.65. The molecule has 1 saturated heterocycles. The first-order chi connectivity index (χ1) is 12.2. The minimum atomic E-state index is -0.378. The van der Waals surface area contributed by atoms with Gasteiger partial charge in [0, 0.05) is 38.3 Å². The van der Waals surface area contributed by atoms with E-state index < -0.39 is 0 Å². The quantitative estimate of drug-likeness (QED) is 0.849. The molecule has 1 aliphatic rings. The van der Waals surface area contributed by atoms with Crippen molar-refractivity contribution < 1.29 is 9.18 Å². The molecule has 0 atom stereocenters. The largest absolute Gasteiger partial charge is 0.348 e. The normalized spacial score (nSPS) is 15.7. The molecule has 1 N–H and O–H groups in total. The van der Waals surface area contributed by atoms with E-state index in [1.165, 1.54) is 10.7 Å².